The average Bonchev–Trinajstić information content (AvgIpc) is 2.45. The predicted molar refractivity (Wildman–Crippen MR) is 88.3 cm³/mol. The van der Waals surface area contributed by atoms with Gasteiger partial charge in [0.25, 0.3) is 0 Å². The third kappa shape index (κ3) is 6.78. The maximum Gasteiger partial charge on any atom is 0.243 e. The maximum atomic E-state index is 12.4. The van der Waals surface area contributed by atoms with Crippen molar-refractivity contribution in [2.75, 3.05) is 0 Å². The minimum Gasteiger partial charge on any atom is -0.368 e. The van der Waals surface area contributed by atoms with Gasteiger partial charge < -0.3 is 16.4 Å². The fourth-order valence-corrected chi connectivity index (χ4v) is 2.15. The van der Waals surface area contributed by atoms with E-state index >= 15 is 0 Å². The largest absolute Gasteiger partial charge is 0.368 e. The number of primary amides is 1. The lowest BCUT2D eigenvalue weighted by molar-refractivity contribution is -0.130. The maximum absolute atomic E-state index is 12.4. The molecule has 2 atom stereocenters. The van der Waals surface area contributed by atoms with Crippen LogP contribution in [0.4, 0.5) is 0 Å². The Morgan fingerprint density at radius 3 is 2.17 bits per heavy atom. The van der Waals surface area contributed by atoms with Crippen LogP contribution < -0.4 is 16.4 Å². The summed E-state index contributed by atoms with van der Waals surface area (Å²) in [6.07, 6.45) is 0.587. The second-order valence-corrected chi connectivity index (χ2v) is 5.57. The van der Waals surface area contributed by atoms with E-state index in [0.29, 0.717) is 6.42 Å². The standard InChI is InChI=1S/C17H23N3O3/c1-11(2)9-14(16(18)22)20-17(23)15(19-12(3)21)10-13-7-5-4-6-8-13/h4-8,14-15H,1,9-10H2,2-3H3,(H2,18,22)(H,19,21)(H,20,23)/t14-,15+/m1/s1. The number of benzene rings is 1. The highest BCUT2D eigenvalue weighted by Crippen LogP contribution is 2.06. The molecule has 0 aliphatic heterocycles. The van der Waals surface area contributed by atoms with E-state index in [1.54, 1.807) is 6.92 Å². The summed E-state index contributed by atoms with van der Waals surface area (Å²) in [4.78, 5) is 35.2. The van der Waals surface area contributed by atoms with Crippen molar-refractivity contribution in [2.45, 2.75) is 38.8 Å². The summed E-state index contributed by atoms with van der Waals surface area (Å²) >= 11 is 0. The first kappa shape index (κ1) is 18.4. The lowest BCUT2D eigenvalue weighted by Gasteiger charge is -2.21. The summed E-state index contributed by atoms with van der Waals surface area (Å²) in [5.41, 5.74) is 6.93. The molecule has 4 N–H and O–H groups in total. The van der Waals surface area contributed by atoms with E-state index in [-0.39, 0.29) is 12.3 Å². The van der Waals surface area contributed by atoms with Gasteiger partial charge in [-0.3, -0.25) is 14.4 Å². The fraction of sp³-hybridized carbons (Fsp3) is 0.353. The van der Waals surface area contributed by atoms with E-state index in [1.165, 1.54) is 6.92 Å². The first-order chi connectivity index (χ1) is 10.8. The molecule has 0 radical (unpaired) electrons. The molecule has 6 nitrogen and oxygen atoms in total. The molecule has 1 aromatic rings. The zero-order chi connectivity index (χ0) is 17.4. The SMILES string of the molecule is C=C(C)C[C@@H](NC(=O)[C@H](Cc1ccccc1)NC(C)=O)C(N)=O. The van der Waals surface area contributed by atoms with E-state index in [4.69, 9.17) is 5.73 Å². The highest BCUT2D eigenvalue weighted by atomic mass is 16.2. The number of carbonyl (C=O) groups is 3. The van der Waals surface area contributed by atoms with Crippen molar-refractivity contribution in [3.63, 3.8) is 0 Å². The molecule has 23 heavy (non-hydrogen) atoms. The van der Waals surface area contributed by atoms with Gasteiger partial charge in [0.05, 0.1) is 0 Å². The van der Waals surface area contributed by atoms with Crippen LogP contribution in [0.5, 0.6) is 0 Å². The number of nitrogens with one attached hydrogen (secondary N) is 2. The van der Waals surface area contributed by atoms with E-state index < -0.39 is 23.9 Å². The molecule has 0 saturated carbocycles. The van der Waals surface area contributed by atoms with Crippen LogP contribution in [0.15, 0.2) is 42.5 Å². The molecule has 0 fully saturated rings. The highest BCUT2D eigenvalue weighted by Gasteiger charge is 2.25. The number of nitrogens with two attached hydrogens (primary N) is 1. The van der Waals surface area contributed by atoms with Crippen LogP contribution >= 0.6 is 0 Å². The third-order valence-electron chi connectivity index (χ3n) is 3.19. The number of carbonyl (C=O) groups excluding carboxylic acids is 3. The minimum absolute atomic E-state index is 0.263. The molecule has 3 amide bonds. The van der Waals surface area contributed by atoms with Crippen molar-refractivity contribution in [1.29, 1.82) is 0 Å². The quantitative estimate of drug-likeness (QED) is 0.614. The number of hydrogen-bond acceptors (Lipinski definition) is 3. The van der Waals surface area contributed by atoms with Crippen molar-refractivity contribution in [3.05, 3.63) is 48.0 Å². The molecule has 0 bridgehead atoms. The molecular weight excluding hydrogens is 294 g/mol. The molecule has 1 rings (SSSR count). The molecule has 0 unspecified atom stereocenters. The van der Waals surface area contributed by atoms with Gasteiger partial charge in [-0.2, -0.15) is 0 Å². The van der Waals surface area contributed by atoms with E-state index in [1.807, 2.05) is 30.3 Å². The molecule has 0 aromatic heterocycles. The van der Waals surface area contributed by atoms with Crippen molar-refractivity contribution in [3.8, 4) is 0 Å². The predicted octanol–water partition coefficient (Wildman–Crippen LogP) is 0.670. The van der Waals surface area contributed by atoms with Crippen LogP contribution in [-0.4, -0.2) is 29.8 Å². The first-order valence-corrected chi connectivity index (χ1v) is 7.34. The van der Waals surface area contributed by atoms with E-state index in [0.717, 1.165) is 11.1 Å². The zero-order valence-corrected chi connectivity index (χ0v) is 13.5. The summed E-state index contributed by atoms with van der Waals surface area (Å²) in [6, 6.07) is 7.68. The number of rotatable bonds is 8. The Balaban J connectivity index is 2.83. The second kappa shape index (κ2) is 8.73. The van der Waals surface area contributed by atoms with Gasteiger partial charge in [-0.15, -0.1) is 6.58 Å². The number of hydrogen-bond donors (Lipinski definition) is 3. The van der Waals surface area contributed by atoms with Crippen LogP contribution in [0.25, 0.3) is 0 Å². The first-order valence-electron chi connectivity index (χ1n) is 7.34. The monoisotopic (exact) mass is 317 g/mol. The Hall–Kier alpha value is -2.63. The summed E-state index contributed by atoms with van der Waals surface area (Å²) in [5.74, 6) is -1.41. The molecule has 0 aliphatic rings. The Labute approximate surface area is 136 Å². The lowest BCUT2D eigenvalue weighted by atomic mass is 10.0. The van der Waals surface area contributed by atoms with Crippen molar-refractivity contribution >= 4 is 17.7 Å². The molecule has 0 saturated heterocycles. The van der Waals surface area contributed by atoms with Gasteiger partial charge >= 0.3 is 0 Å². The Morgan fingerprint density at radius 1 is 1.09 bits per heavy atom. The third-order valence-corrected chi connectivity index (χ3v) is 3.19. The van der Waals surface area contributed by atoms with Gasteiger partial charge in [0.15, 0.2) is 0 Å². The van der Waals surface area contributed by atoms with Gasteiger partial charge in [0, 0.05) is 13.3 Å². The fourth-order valence-electron chi connectivity index (χ4n) is 2.15. The molecule has 0 spiro atoms. The van der Waals surface area contributed by atoms with Crippen LogP contribution in [-0.2, 0) is 20.8 Å². The average molecular weight is 317 g/mol. The molecular formula is C17H23N3O3. The van der Waals surface area contributed by atoms with Crippen molar-refractivity contribution in [2.24, 2.45) is 5.73 Å². The lowest BCUT2D eigenvalue weighted by Crippen LogP contribution is -2.53. The Bertz CT molecular complexity index is 584. The minimum atomic E-state index is -0.841. The van der Waals surface area contributed by atoms with Crippen LogP contribution in [0.3, 0.4) is 0 Å². The van der Waals surface area contributed by atoms with Crippen molar-refractivity contribution < 1.29 is 14.4 Å². The topological polar surface area (TPSA) is 101 Å². The van der Waals surface area contributed by atoms with Gasteiger partial charge in [-0.05, 0) is 18.9 Å². The highest BCUT2D eigenvalue weighted by molar-refractivity contribution is 5.91. The van der Waals surface area contributed by atoms with E-state index in [2.05, 4.69) is 17.2 Å². The summed E-state index contributed by atoms with van der Waals surface area (Å²) < 4.78 is 0. The zero-order valence-electron chi connectivity index (χ0n) is 13.5. The van der Waals surface area contributed by atoms with Gasteiger partial charge in [0.1, 0.15) is 12.1 Å². The van der Waals surface area contributed by atoms with Gasteiger partial charge in [0.2, 0.25) is 17.7 Å². The van der Waals surface area contributed by atoms with Crippen LogP contribution in [0.2, 0.25) is 0 Å². The second-order valence-electron chi connectivity index (χ2n) is 5.57. The van der Waals surface area contributed by atoms with Crippen LogP contribution in [0.1, 0.15) is 25.8 Å². The normalized spacial score (nSPS) is 12.8. The molecule has 1 aromatic carbocycles. The molecule has 0 heterocycles. The molecule has 0 aliphatic carbocycles. The summed E-state index contributed by atoms with van der Waals surface area (Å²) in [5, 5.41) is 5.18. The Morgan fingerprint density at radius 2 is 1.70 bits per heavy atom. The summed E-state index contributed by atoms with van der Waals surface area (Å²) in [6.45, 7) is 6.80. The number of amides is 3. The van der Waals surface area contributed by atoms with Gasteiger partial charge in [-0.25, -0.2) is 0 Å². The molecule has 6 heteroatoms. The van der Waals surface area contributed by atoms with Crippen molar-refractivity contribution in [1.82, 2.24) is 10.6 Å². The Kier molecular flexibility index (Phi) is 6.99. The van der Waals surface area contributed by atoms with E-state index in [9.17, 15) is 14.4 Å². The van der Waals surface area contributed by atoms with Crippen LogP contribution in [0, 0.1) is 0 Å². The summed E-state index contributed by atoms with van der Waals surface area (Å²) in [7, 11) is 0. The smallest absolute Gasteiger partial charge is 0.243 e. The van der Waals surface area contributed by atoms with Gasteiger partial charge in [-0.1, -0.05) is 35.9 Å². The molecule has 124 valence electrons.